The Hall–Kier alpha value is -2.44. The minimum absolute atomic E-state index is 0.0722. The van der Waals surface area contributed by atoms with Crippen molar-refractivity contribution in [2.24, 2.45) is 5.92 Å². The Morgan fingerprint density at radius 3 is 2.46 bits per heavy atom. The molecule has 0 aromatic heterocycles. The summed E-state index contributed by atoms with van der Waals surface area (Å²) in [5, 5.41) is 2.97. The largest absolute Gasteiger partial charge is 0.496 e. The van der Waals surface area contributed by atoms with Crippen LogP contribution >= 0.6 is 0 Å². The highest BCUT2D eigenvalue weighted by molar-refractivity contribution is 5.98. The molecular weight excluding hydrogens is 312 g/mol. The first-order valence-electron chi connectivity index (χ1n) is 7.96. The zero-order valence-electron chi connectivity index (χ0n) is 14.1. The Morgan fingerprint density at radius 1 is 1.12 bits per heavy atom. The zero-order valence-corrected chi connectivity index (χ0v) is 14.1. The van der Waals surface area contributed by atoms with Crippen LogP contribution in [0.2, 0.25) is 0 Å². The number of methoxy groups -OCH3 is 3. The molecule has 24 heavy (non-hydrogen) atoms. The van der Waals surface area contributed by atoms with Crippen LogP contribution in [-0.4, -0.2) is 57.2 Å². The lowest BCUT2D eigenvalue weighted by molar-refractivity contribution is -0.119. The van der Waals surface area contributed by atoms with Crippen LogP contribution in [0.15, 0.2) is 12.1 Å². The van der Waals surface area contributed by atoms with Gasteiger partial charge in [0, 0.05) is 43.6 Å². The fraction of sp³-hybridized carbons (Fsp3) is 0.529. The normalized spacial score (nSPS) is 22.6. The number of hydrogen-bond donors (Lipinski definition) is 1. The molecule has 0 bridgehead atoms. The molecule has 1 aromatic carbocycles. The number of fused-ring (bicyclic) bond motifs is 1. The van der Waals surface area contributed by atoms with Gasteiger partial charge in [0.1, 0.15) is 5.75 Å². The van der Waals surface area contributed by atoms with Gasteiger partial charge in [-0.05, 0) is 6.42 Å². The van der Waals surface area contributed by atoms with Gasteiger partial charge in [0.25, 0.3) is 5.91 Å². The third kappa shape index (κ3) is 2.86. The summed E-state index contributed by atoms with van der Waals surface area (Å²) in [6.45, 7) is 1.18. The predicted octanol–water partition coefficient (Wildman–Crippen LogP) is 1.06. The van der Waals surface area contributed by atoms with Gasteiger partial charge in [-0.3, -0.25) is 9.59 Å². The van der Waals surface area contributed by atoms with Crippen molar-refractivity contribution < 1.29 is 23.8 Å². The maximum absolute atomic E-state index is 13.0. The maximum Gasteiger partial charge on any atom is 0.257 e. The molecule has 2 fully saturated rings. The minimum Gasteiger partial charge on any atom is -0.496 e. The first kappa shape index (κ1) is 16.4. The molecule has 0 spiro atoms. The molecule has 0 unspecified atom stereocenters. The average molecular weight is 334 g/mol. The highest BCUT2D eigenvalue weighted by Gasteiger charge is 2.38. The maximum atomic E-state index is 13.0. The molecule has 2 saturated heterocycles. The third-order valence-corrected chi connectivity index (χ3v) is 4.75. The molecule has 0 saturated carbocycles. The molecule has 0 radical (unpaired) electrons. The van der Waals surface area contributed by atoms with Crippen LogP contribution in [-0.2, 0) is 4.79 Å². The first-order valence-corrected chi connectivity index (χ1v) is 7.96. The molecule has 2 heterocycles. The number of carbonyl (C=O) groups excluding carboxylic acids is 2. The fourth-order valence-electron chi connectivity index (χ4n) is 3.48. The topological polar surface area (TPSA) is 77.1 Å². The minimum atomic E-state index is -0.120. The summed E-state index contributed by atoms with van der Waals surface area (Å²) in [5.74, 6) is 1.57. The molecule has 7 nitrogen and oxygen atoms in total. The van der Waals surface area contributed by atoms with Gasteiger partial charge in [-0.25, -0.2) is 0 Å². The van der Waals surface area contributed by atoms with E-state index >= 15 is 0 Å². The molecule has 2 aliphatic rings. The summed E-state index contributed by atoms with van der Waals surface area (Å²) in [5.41, 5.74) is 0.436. The van der Waals surface area contributed by atoms with Gasteiger partial charge in [0.05, 0.1) is 26.9 Å². The summed E-state index contributed by atoms with van der Waals surface area (Å²) in [6, 6.07) is 3.48. The summed E-state index contributed by atoms with van der Waals surface area (Å²) in [6.07, 6.45) is 1.26. The molecule has 1 N–H and O–H groups in total. The van der Waals surface area contributed by atoms with Crippen molar-refractivity contribution in [3.05, 3.63) is 17.7 Å². The van der Waals surface area contributed by atoms with E-state index in [1.54, 1.807) is 17.0 Å². The van der Waals surface area contributed by atoms with E-state index in [2.05, 4.69) is 5.32 Å². The van der Waals surface area contributed by atoms with E-state index in [1.807, 2.05) is 0 Å². The summed E-state index contributed by atoms with van der Waals surface area (Å²) >= 11 is 0. The fourth-order valence-corrected chi connectivity index (χ4v) is 3.48. The van der Waals surface area contributed by atoms with Gasteiger partial charge in [-0.1, -0.05) is 0 Å². The Kier molecular flexibility index (Phi) is 4.51. The number of nitrogens with one attached hydrogen (secondary N) is 1. The van der Waals surface area contributed by atoms with Crippen LogP contribution in [0.25, 0.3) is 0 Å². The van der Waals surface area contributed by atoms with E-state index in [9.17, 15) is 9.59 Å². The van der Waals surface area contributed by atoms with E-state index in [0.717, 1.165) is 6.42 Å². The second-order valence-electron chi connectivity index (χ2n) is 6.09. The summed E-state index contributed by atoms with van der Waals surface area (Å²) in [7, 11) is 4.58. The Labute approximate surface area is 140 Å². The monoisotopic (exact) mass is 334 g/mol. The van der Waals surface area contributed by atoms with E-state index in [1.165, 1.54) is 21.3 Å². The zero-order chi connectivity index (χ0) is 17.3. The lowest BCUT2D eigenvalue weighted by Crippen LogP contribution is -2.47. The van der Waals surface area contributed by atoms with Crippen LogP contribution in [0, 0.1) is 5.92 Å². The van der Waals surface area contributed by atoms with Gasteiger partial charge in [0.2, 0.25) is 5.91 Å². The van der Waals surface area contributed by atoms with E-state index in [-0.39, 0.29) is 23.8 Å². The van der Waals surface area contributed by atoms with Gasteiger partial charge in [0.15, 0.2) is 11.5 Å². The van der Waals surface area contributed by atoms with Crippen LogP contribution < -0.4 is 19.5 Å². The van der Waals surface area contributed by atoms with Crippen molar-refractivity contribution >= 4 is 11.8 Å². The first-order chi connectivity index (χ1) is 11.6. The SMILES string of the molecule is COc1cc(OC)c(C(=O)N2CC[C@@H]3NC(=O)C[C@@H]3C2)cc1OC. The van der Waals surface area contributed by atoms with Crippen molar-refractivity contribution in [3.63, 3.8) is 0 Å². The molecule has 0 aliphatic carbocycles. The van der Waals surface area contributed by atoms with Crippen molar-refractivity contribution in [2.45, 2.75) is 18.9 Å². The lowest BCUT2D eigenvalue weighted by atomic mass is 9.93. The van der Waals surface area contributed by atoms with E-state index in [4.69, 9.17) is 14.2 Å². The van der Waals surface area contributed by atoms with E-state index in [0.29, 0.717) is 42.3 Å². The Balaban J connectivity index is 1.85. The molecule has 2 amide bonds. The van der Waals surface area contributed by atoms with Gasteiger partial charge in [-0.15, -0.1) is 0 Å². The molecule has 3 rings (SSSR count). The van der Waals surface area contributed by atoms with Crippen LogP contribution in [0.1, 0.15) is 23.2 Å². The second kappa shape index (κ2) is 6.59. The standard InChI is InChI=1S/C17H22N2O5/c1-22-13-8-15(24-3)14(23-2)7-11(13)17(21)19-5-4-12-10(9-19)6-16(20)18-12/h7-8,10,12H,4-6,9H2,1-3H3,(H,18,20)/t10-,12+/m1/s1. The molecule has 1 aromatic rings. The number of rotatable bonds is 4. The smallest absolute Gasteiger partial charge is 0.257 e. The van der Waals surface area contributed by atoms with Crippen molar-refractivity contribution in [1.29, 1.82) is 0 Å². The van der Waals surface area contributed by atoms with Crippen molar-refractivity contribution in [3.8, 4) is 17.2 Å². The summed E-state index contributed by atoms with van der Waals surface area (Å²) in [4.78, 5) is 26.3. The van der Waals surface area contributed by atoms with Crippen LogP contribution in [0.3, 0.4) is 0 Å². The molecular formula is C17H22N2O5. The van der Waals surface area contributed by atoms with E-state index < -0.39 is 0 Å². The van der Waals surface area contributed by atoms with Crippen molar-refractivity contribution in [1.82, 2.24) is 10.2 Å². The van der Waals surface area contributed by atoms with Gasteiger partial charge >= 0.3 is 0 Å². The highest BCUT2D eigenvalue weighted by atomic mass is 16.5. The van der Waals surface area contributed by atoms with Crippen molar-refractivity contribution in [2.75, 3.05) is 34.4 Å². The lowest BCUT2D eigenvalue weighted by Gasteiger charge is -2.34. The predicted molar refractivity (Wildman–Crippen MR) is 86.7 cm³/mol. The number of likely N-dealkylation sites (tertiary alicyclic amines) is 1. The Morgan fingerprint density at radius 2 is 1.79 bits per heavy atom. The Bertz CT molecular complexity index is 661. The third-order valence-electron chi connectivity index (χ3n) is 4.75. The number of carbonyl (C=O) groups is 2. The molecule has 2 aliphatic heterocycles. The van der Waals surface area contributed by atoms with Gasteiger partial charge < -0.3 is 24.4 Å². The molecule has 7 heteroatoms. The number of nitrogens with zero attached hydrogens (tertiary/aromatic N) is 1. The second-order valence-corrected chi connectivity index (χ2v) is 6.09. The average Bonchev–Trinajstić information content (AvgIpc) is 2.98. The van der Waals surface area contributed by atoms with Gasteiger partial charge in [-0.2, -0.15) is 0 Å². The van der Waals surface area contributed by atoms with Crippen LogP contribution in [0.4, 0.5) is 0 Å². The molecule has 2 atom stereocenters. The quantitative estimate of drug-likeness (QED) is 0.891. The van der Waals surface area contributed by atoms with Crippen LogP contribution in [0.5, 0.6) is 17.2 Å². The molecule has 130 valence electrons. The number of ether oxygens (including phenoxy) is 3. The number of hydrogen-bond acceptors (Lipinski definition) is 5. The number of benzene rings is 1. The number of amides is 2. The number of piperidine rings is 1. The highest BCUT2D eigenvalue weighted by Crippen LogP contribution is 2.36. The summed E-state index contributed by atoms with van der Waals surface area (Å²) < 4.78 is 15.9.